The van der Waals surface area contributed by atoms with Gasteiger partial charge in [-0.1, -0.05) is 32.9 Å². The molecule has 34 heavy (non-hydrogen) atoms. The zero-order valence-corrected chi connectivity index (χ0v) is 22.1. The monoisotopic (exact) mass is 486 g/mol. The average molecular weight is 487 g/mol. The number of nitrogen functional groups attached to an aromatic ring is 1. The Balaban J connectivity index is 1.90. The van der Waals surface area contributed by atoms with E-state index in [9.17, 15) is 8.42 Å². The van der Waals surface area contributed by atoms with E-state index in [1.54, 1.807) is 33.3 Å². The van der Waals surface area contributed by atoms with Crippen LogP contribution in [0, 0.1) is 5.41 Å². The number of nitrogens with zero attached hydrogens (tertiary/aromatic N) is 3. The molecule has 0 aliphatic carbocycles. The standard InChI is InChI=1S/C26H38N4O3S/c1-25(2,3)17-29-15-13-26(14-16-29)18-30(20-10-8-7-9-19(20)27)24-21(33-6)11-12-22(23(24)26)34(31,32)28(4)5/h7-12H,13-18,27H2,1-6H3. The molecule has 4 rings (SSSR count). The number of methoxy groups -OCH3 is 1. The zero-order valence-electron chi connectivity index (χ0n) is 21.3. The molecule has 0 atom stereocenters. The number of benzene rings is 2. The van der Waals surface area contributed by atoms with Crippen molar-refractivity contribution in [2.24, 2.45) is 5.41 Å². The predicted molar refractivity (Wildman–Crippen MR) is 139 cm³/mol. The Labute approximate surface area is 204 Å². The van der Waals surface area contributed by atoms with Crippen LogP contribution in [0.25, 0.3) is 0 Å². The zero-order chi connectivity index (χ0) is 24.9. The maximum Gasteiger partial charge on any atom is 0.242 e. The van der Waals surface area contributed by atoms with Gasteiger partial charge in [0.05, 0.1) is 29.1 Å². The van der Waals surface area contributed by atoms with Gasteiger partial charge in [-0.05, 0) is 55.6 Å². The third-order valence-electron chi connectivity index (χ3n) is 7.08. The Hall–Kier alpha value is -2.29. The number of sulfonamides is 1. The van der Waals surface area contributed by atoms with Gasteiger partial charge >= 0.3 is 0 Å². The van der Waals surface area contributed by atoms with Gasteiger partial charge in [0.2, 0.25) is 10.0 Å². The molecule has 1 saturated heterocycles. The molecule has 0 bridgehead atoms. The summed E-state index contributed by atoms with van der Waals surface area (Å²) in [5.74, 6) is 0.671. The number of rotatable bonds is 5. The van der Waals surface area contributed by atoms with Gasteiger partial charge in [0.25, 0.3) is 0 Å². The lowest BCUT2D eigenvalue weighted by atomic mass is 9.74. The van der Waals surface area contributed by atoms with Crippen molar-refractivity contribution < 1.29 is 13.2 Å². The Kier molecular flexibility index (Phi) is 6.38. The SMILES string of the molecule is COc1ccc(S(=O)(=O)N(C)C)c2c1N(c1ccccc1N)CC21CCN(CC(C)(C)C)CC1. The van der Waals surface area contributed by atoms with E-state index in [1.807, 2.05) is 24.3 Å². The van der Waals surface area contributed by atoms with Crippen LogP contribution in [0.3, 0.4) is 0 Å². The molecular weight excluding hydrogens is 448 g/mol. The first-order valence-corrected chi connectivity index (χ1v) is 13.3. The molecule has 186 valence electrons. The van der Waals surface area contributed by atoms with Crippen molar-refractivity contribution in [3.8, 4) is 5.75 Å². The quantitative estimate of drug-likeness (QED) is 0.642. The number of hydrogen-bond donors (Lipinski definition) is 1. The molecule has 0 saturated carbocycles. The Morgan fingerprint density at radius 1 is 1.09 bits per heavy atom. The van der Waals surface area contributed by atoms with Gasteiger partial charge in [-0.15, -0.1) is 0 Å². The lowest BCUT2D eigenvalue weighted by molar-refractivity contribution is 0.124. The number of para-hydroxylation sites is 2. The highest BCUT2D eigenvalue weighted by atomic mass is 32.2. The molecule has 1 spiro atoms. The number of nitrogens with two attached hydrogens (primary N) is 1. The van der Waals surface area contributed by atoms with E-state index >= 15 is 0 Å². The lowest BCUT2D eigenvalue weighted by Crippen LogP contribution is -2.47. The van der Waals surface area contributed by atoms with E-state index in [4.69, 9.17) is 10.5 Å². The van der Waals surface area contributed by atoms with Gasteiger partial charge in [-0.3, -0.25) is 0 Å². The number of ether oxygens (including phenoxy) is 1. The van der Waals surface area contributed by atoms with Crippen molar-refractivity contribution in [2.45, 2.75) is 43.9 Å². The van der Waals surface area contributed by atoms with Crippen LogP contribution < -0.4 is 15.4 Å². The molecule has 0 radical (unpaired) electrons. The van der Waals surface area contributed by atoms with Crippen molar-refractivity contribution in [3.05, 3.63) is 42.0 Å². The summed E-state index contributed by atoms with van der Waals surface area (Å²) in [6.45, 7) is 10.3. The van der Waals surface area contributed by atoms with Gasteiger partial charge < -0.3 is 20.3 Å². The fourth-order valence-electron chi connectivity index (χ4n) is 5.53. The number of likely N-dealkylation sites (tertiary alicyclic amines) is 1. The first-order chi connectivity index (χ1) is 15.9. The van der Waals surface area contributed by atoms with Crippen molar-refractivity contribution in [2.75, 3.05) is 58.0 Å². The van der Waals surface area contributed by atoms with Crippen LogP contribution in [-0.2, 0) is 15.4 Å². The van der Waals surface area contributed by atoms with Gasteiger partial charge in [0.15, 0.2) is 0 Å². The molecule has 2 aromatic carbocycles. The van der Waals surface area contributed by atoms with E-state index in [0.29, 0.717) is 22.9 Å². The van der Waals surface area contributed by atoms with Crippen LogP contribution in [0.2, 0.25) is 0 Å². The molecule has 7 nitrogen and oxygen atoms in total. The minimum absolute atomic E-state index is 0.214. The molecule has 2 aromatic rings. The van der Waals surface area contributed by atoms with Crippen LogP contribution in [0.4, 0.5) is 17.1 Å². The van der Waals surface area contributed by atoms with Crippen molar-refractivity contribution in [1.29, 1.82) is 0 Å². The van der Waals surface area contributed by atoms with Crippen LogP contribution in [-0.4, -0.2) is 65.0 Å². The summed E-state index contributed by atoms with van der Waals surface area (Å²) in [4.78, 5) is 5.05. The smallest absolute Gasteiger partial charge is 0.242 e. The van der Waals surface area contributed by atoms with Gasteiger partial charge in [-0.25, -0.2) is 12.7 Å². The highest BCUT2D eigenvalue weighted by molar-refractivity contribution is 7.89. The van der Waals surface area contributed by atoms with E-state index in [1.165, 1.54) is 4.31 Å². The molecule has 2 N–H and O–H groups in total. The number of fused-ring (bicyclic) bond motifs is 2. The van der Waals surface area contributed by atoms with Crippen molar-refractivity contribution in [3.63, 3.8) is 0 Å². The summed E-state index contributed by atoms with van der Waals surface area (Å²) in [5, 5.41) is 0. The Morgan fingerprint density at radius 3 is 2.29 bits per heavy atom. The molecule has 2 heterocycles. The molecule has 0 amide bonds. The van der Waals surface area contributed by atoms with Crippen molar-refractivity contribution in [1.82, 2.24) is 9.21 Å². The topological polar surface area (TPSA) is 79.1 Å². The average Bonchev–Trinajstić information content (AvgIpc) is 3.09. The highest BCUT2D eigenvalue weighted by Crippen LogP contribution is 2.56. The minimum atomic E-state index is -3.65. The predicted octanol–water partition coefficient (Wildman–Crippen LogP) is 4.06. The fraction of sp³-hybridized carbons (Fsp3) is 0.538. The summed E-state index contributed by atoms with van der Waals surface area (Å²) in [5.41, 5.74) is 9.57. The molecule has 2 aliphatic rings. The molecule has 1 fully saturated rings. The summed E-state index contributed by atoms with van der Waals surface area (Å²) in [6.07, 6.45) is 1.75. The fourth-order valence-corrected chi connectivity index (χ4v) is 6.73. The van der Waals surface area contributed by atoms with Crippen LogP contribution >= 0.6 is 0 Å². The molecule has 0 aromatic heterocycles. The maximum atomic E-state index is 13.5. The maximum absolute atomic E-state index is 13.5. The summed E-state index contributed by atoms with van der Waals surface area (Å²) in [6, 6.07) is 11.3. The van der Waals surface area contributed by atoms with E-state index in [0.717, 1.165) is 49.4 Å². The van der Waals surface area contributed by atoms with Crippen LogP contribution in [0.15, 0.2) is 41.3 Å². The normalized spacial score (nSPS) is 18.5. The van der Waals surface area contributed by atoms with Gasteiger partial charge in [0, 0.05) is 38.2 Å². The largest absolute Gasteiger partial charge is 0.495 e. The van der Waals surface area contributed by atoms with E-state index in [-0.39, 0.29) is 10.8 Å². The third kappa shape index (κ3) is 4.27. The van der Waals surface area contributed by atoms with Gasteiger partial charge in [0.1, 0.15) is 5.75 Å². The summed E-state index contributed by atoms with van der Waals surface area (Å²) in [7, 11) is 1.16. The summed E-state index contributed by atoms with van der Waals surface area (Å²) < 4.78 is 34.1. The third-order valence-corrected chi connectivity index (χ3v) is 8.94. The second kappa shape index (κ2) is 8.73. The second-order valence-corrected chi connectivity index (χ2v) is 13.2. The lowest BCUT2D eigenvalue weighted by Gasteiger charge is -2.42. The molecule has 8 heteroatoms. The number of piperidine rings is 1. The summed E-state index contributed by atoms with van der Waals surface area (Å²) >= 11 is 0. The molecular formula is C26H38N4O3S. The second-order valence-electron chi connectivity index (χ2n) is 11.0. The van der Waals surface area contributed by atoms with Crippen molar-refractivity contribution >= 4 is 27.1 Å². The van der Waals surface area contributed by atoms with Gasteiger partial charge in [-0.2, -0.15) is 0 Å². The first kappa shape index (κ1) is 24.8. The first-order valence-electron chi connectivity index (χ1n) is 11.9. The number of hydrogen-bond acceptors (Lipinski definition) is 6. The van der Waals surface area contributed by atoms with Crippen LogP contribution in [0.1, 0.15) is 39.2 Å². The van der Waals surface area contributed by atoms with E-state index < -0.39 is 10.0 Å². The Morgan fingerprint density at radius 2 is 1.74 bits per heavy atom. The molecule has 2 aliphatic heterocycles. The van der Waals surface area contributed by atoms with E-state index in [2.05, 4.69) is 30.6 Å². The molecule has 0 unspecified atom stereocenters. The minimum Gasteiger partial charge on any atom is -0.495 e. The number of anilines is 3. The van der Waals surface area contributed by atoms with Crippen LogP contribution in [0.5, 0.6) is 5.75 Å². The highest BCUT2D eigenvalue weighted by Gasteiger charge is 2.50. The Bertz CT molecular complexity index is 1160.